The maximum atomic E-state index is 12.1. The van der Waals surface area contributed by atoms with Crippen LogP contribution in [0.4, 0.5) is 0 Å². The van der Waals surface area contributed by atoms with Gasteiger partial charge in [0.15, 0.2) is 11.5 Å². The highest BCUT2D eigenvalue weighted by Gasteiger charge is 2.41. The van der Waals surface area contributed by atoms with Crippen LogP contribution in [0, 0.1) is 5.92 Å². The van der Waals surface area contributed by atoms with Crippen LogP contribution in [-0.4, -0.2) is 52.4 Å². The third kappa shape index (κ3) is 8.22. The van der Waals surface area contributed by atoms with E-state index in [4.69, 9.17) is 29.3 Å². The number of likely N-dealkylation sites (tertiary alicyclic amines) is 1. The zero-order chi connectivity index (χ0) is 30.7. The molecule has 0 spiro atoms. The van der Waals surface area contributed by atoms with Gasteiger partial charge in [-0.05, 0) is 66.2 Å². The van der Waals surface area contributed by atoms with Crippen molar-refractivity contribution in [1.82, 2.24) is 4.90 Å². The summed E-state index contributed by atoms with van der Waals surface area (Å²) in [6, 6.07) is 36.6. The van der Waals surface area contributed by atoms with Crippen molar-refractivity contribution in [3.05, 3.63) is 131 Å². The lowest BCUT2D eigenvalue weighted by molar-refractivity contribution is -0.159. The van der Waals surface area contributed by atoms with Crippen molar-refractivity contribution in [2.24, 2.45) is 5.92 Å². The van der Waals surface area contributed by atoms with Crippen LogP contribution in [0.3, 0.4) is 0 Å². The number of aliphatic hydroxyl groups is 1. The largest absolute Gasteiger partial charge is 0.493 e. The van der Waals surface area contributed by atoms with Crippen LogP contribution in [0.15, 0.2) is 109 Å². The number of ether oxygens (including phenoxy) is 2. The minimum Gasteiger partial charge on any atom is -0.493 e. The number of nitrogens with zero attached hydrogens (tertiary/aromatic N) is 1. The maximum absolute atomic E-state index is 12.1. The first kappa shape index (κ1) is 31.3. The van der Waals surface area contributed by atoms with E-state index in [1.807, 2.05) is 84.9 Å². The summed E-state index contributed by atoms with van der Waals surface area (Å²) in [5.74, 6) is -1.99. The van der Waals surface area contributed by atoms with Gasteiger partial charge in [-0.2, -0.15) is 0 Å². The monoisotopic (exact) mass is 583 g/mol. The molecule has 224 valence electrons. The predicted octanol–water partition coefficient (Wildman–Crippen LogP) is 5.58. The molecular weight excluding hydrogens is 546 g/mol. The van der Waals surface area contributed by atoms with Gasteiger partial charge in [-0.3, -0.25) is 4.90 Å². The fraction of sp³-hybridized carbons (Fsp3) is 0.257. The van der Waals surface area contributed by atoms with Crippen LogP contribution < -0.4 is 9.47 Å². The molecule has 5 rings (SSSR count). The molecule has 0 atom stereocenters. The number of hydrogen-bond acceptors (Lipinski definition) is 6. The summed E-state index contributed by atoms with van der Waals surface area (Å²) < 4.78 is 11.7. The van der Waals surface area contributed by atoms with E-state index in [1.165, 1.54) is 5.56 Å². The standard InChI is InChI=1S/C33H35NO3.C2H2O4/c1-36-32-23-27(17-18-31(32)37-25-26-11-5-2-6-12-26)24-34-21-19-30(20-22-34)33(35,28-13-7-3-8-14-28)29-15-9-4-10-16-29;3-1(4)2(5)6/h2-18,23,30,35H,19-22,24-25H2,1H3;(H,3,4)(H,5,6). The Hall–Kier alpha value is -4.66. The van der Waals surface area contributed by atoms with Crippen LogP contribution >= 0.6 is 0 Å². The Morgan fingerprint density at radius 1 is 0.744 bits per heavy atom. The first-order chi connectivity index (χ1) is 20.8. The normalized spacial score (nSPS) is 13.8. The fourth-order valence-corrected chi connectivity index (χ4v) is 5.45. The Labute approximate surface area is 251 Å². The highest BCUT2D eigenvalue weighted by Crippen LogP contribution is 2.42. The molecule has 0 aromatic heterocycles. The van der Waals surface area contributed by atoms with Gasteiger partial charge in [0.25, 0.3) is 0 Å². The first-order valence-electron chi connectivity index (χ1n) is 14.2. The smallest absolute Gasteiger partial charge is 0.414 e. The van der Waals surface area contributed by atoms with Gasteiger partial charge < -0.3 is 24.8 Å². The van der Waals surface area contributed by atoms with Crippen molar-refractivity contribution in [1.29, 1.82) is 0 Å². The summed E-state index contributed by atoms with van der Waals surface area (Å²) in [7, 11) is 1.69. The van der Waals surface area contributed by atoms with Crippen LogP contribution in [0.2, 0.25) is 0 Å². The van der Waals surface area contributed by atoms with E-state index < -0.39 is 17.5 Å². The van der Waals surface area contributed by atoms with Crippen molar-refractivity contribution in [2.45, 2.75) is 31.6 Å². The van der Waals surface area contributed by atoms with E-state index in [9.17, 15) is 5.11 Å². The summed E-state index contributed by atoms with van der Waals surface area (Å²) in [5, 5.41) is 26.9. The van der Waals surface area contributed by atoms with Gasteiger partial charge in [-0.1, -0.05) is 97.1 Å². The van der Waals surface area contributed by atoms with Crippen LogP contribution in [-0.2, 0) is 28.3 Å². The Bertz CT molecular complexity index is 1400. The quantitative estimate of drug-likeness (QED) is 0.219. The third-order valence-corrected chi connectivity index (χ3v) is 7.66. The molecule has 8 heteroatoms. The molecule has 0 unspecified atom stereocenters. The van der Waals surface area contributed by atoms with Crippen molar-refractivity contribution < 1.29 is 34.4 Å². The van der Waals surface area contributed by atoms with E-state index >= 15 is 0 Å². The number of carboxylic acids is 2. The van der Waals surface area contributed by atoms with Crippen LogP contribution in [0.25, 0.3) is 0 Å². The van der Waals surface area contributed by atoms with Gasteiger partial charge in [0.2, 0.25) is 0 Å². The summed E-state index contributed by atoms with van der Waals surface area (Å²) in [6.45, 7) is 3.22. The van der Waals surface area contributed by atoms with Crippen molar-refractivity contribution in [2.75, 3.05) is 20.2 Å². The van der Waals surface area contributed by atoms with E-state index in [0.29, 0.717) is 6.61 Å². The predicted molar refractivity (Wildman–Crippen MR) is 163 cm³/mol. The van der Waals surface area contributed by atoms with Crippen molar-refractivity contribution in [3.63, 3.8) is 0 Å². The molecule has 8 nitrogen and oxygen atoms in total. The molecule has 1 heterocycles. The second-order valence-electron chi connectivity index (χ2n) is 10.4. The van der Waals surface area contributed by atoms with Crippen LogP contribution in [0.5, 0.6) is 11.5 Å². The summed E-state index contributed by atoms with van der Waals surface area (Å²) in [5.41, 5.74) is 3.27. The van der Waals surface area contributed by atoms with Crippen molar-refractivity contribution in [3.8, 4) is 11.5 Å². The number of carboxylic acid groups (broad SMARTS) is 2. The summed E-state index contributed by atoms with van der Waals surface area (Å²) in [4.78, 5) is 20.7. The number of methoxy groups -OCH3 is 1. The molecule has 43 heavy (non-hydrogen) atoms. The minimum atomic E-state index is -1.82. The number of aliphatic carboxylic acids is 2. The van der Waals surface area contributed by atoms with E-state index in [0.717, 1.165) is 60.7 Å². The fourth-order valence-electron chi connectivity index (χ4n) is 5.45. The molecule has 1 fully saturated rings. The number of carbonyl (C=O) groups is 2. The van der Waals surface area contributed by atoms with E-state index in [1.54, 1.807) is 7.11 Å². The lowest BCUT2D eigenvalue weighted by Crippen LogP contribution is -2.44. The number of rotatable bonds is 9. The van der Waals surface area contributed by atoms with Gasteiger partial charge in [0.05, 0.1) is 7.11 Å². The number of piperidine rings is 1. The molecule has 0 radical (unpaired) electrons. The molecule has 0 amide bonds. The minimum absolute atomic E-state index is 0.150. The SMILES string of the molecule is COc1cc(CN2CCC(C(O)(c3ccccc3)c3ccccc3)CC2)ccc1OCc1ccccc1.O=C(O)C(=O)O. The zero-order valence-corrected chi connectivity index (χ0v) is 24.1. The molecular formula is C35H37NO7. The number of benzene rings is 4. The topological polar surface area (TPSA) is 117 Å². The molecule has 1 aliphatic heterocycles. The highest BCUT2D eigenvalue weighted by atomic mass is 16.5. The lowest BCUT2D eigenvalue weighted by atomic mass is 9.72. The van der Waals surface area contributed by atoms with Crippen LogP contribution in [0.1, 0.15) is 35.1 Å². The average Bonchev–Trinajstić information content (AvgIpc) is 3.05. The van der Waals surface area contributed by atoms with Crippen molar-refractivity contribution >= 4 is 11.9 Å². The summed E-state index contributed by atoms with van der Waals surface area (Å²) in [6.07, 6.45) is 1.85. The second-order valence-corrected chi connectivity index (χ2v) is 10.4. The molecule has 1 aliphatic rings. The molecule has 4 aromatic carbocycles. The Morgan fingerprint density at radius 2 is 1.26 bits per heavy atom. The molecule has 4 aromatic rings. The van der Waals surface area contributed by atoms with E-state index in [-0.39, 0.29) is 5.92 Å². The Kier molecular flexibility index (Phi) is 10.9. The molecule has 3 N–H and O–H groups in total. The molecule has 1 saturated heterocycles. The maximum Gasteiger partial charge on any atom is 0.414 e. The second kappa shape index (κ2) is 15.0. The molecule has 0 bridgehead atoms. The van der Waals surface area contributed by atoms with Gasteiger partial charge in [-0.15, -0.1) is 0 Å². The first-order valence-corrected chi connectivity index (χ1v) is 14.2. The lowest BCUT2D eigenvalue weighted by Gasteiger charge is -2.42. The van der Waals surface area contributed by atoms with Gasteiger partial charge in [0.1, 0.15) is 12.2 Å². The van der Waals surface area contributed by atoms with Gasteiger partial charge in [0, 0.05) is 6.54 Å². The Morgan fingerprint density at radius 3 is 1.74 bits per heavy atom. The van der Waals surface area contributed by atoms with Gasteiger partial charge in [-0.25, -0.2) is 9.59 Å². The molecule has 0 saturated carbocycles. The number of hydrogen-bond donors (Lipinski definition) is 3. The molecule has 0 aliphatic carbocycles. The zero-order valence-electron chi connectivity index (χ0n) is 24.1. The third-order valence-electron chi connectivity index (χ3n) is 7.66. The van der Waals surface area contributed by atoms with E-state index in [2.05, 4.69) is 29.2 Å². The Balaban J connectivity index is 0.000000641. The summed E-state index contributed by atoms with van der Waals surface area (Å²) >= 11 is 0. The van der Waals surface area contributed by atoms with Gasteiger partial charge >= 0.3 is 11.9 Å². The highest BCUT2D eigenvalue weighted by molar-refractivity contribution is 6.27. The average molecular weight is 584 g/mol.